The van der Waals surface area contributed by atoms with Crippen molar-refractivity contribution in [1.29, 1.82) is 0 Å². The molecule has 3 N–H and O–H groups in total. The Morgan fingerprint density at radius 3 is 2.36 bits per heavy atom. The number of carbonyl (C=O) groups excluding carboxylic acids is 3. The number of nitrogens with zero attached hydrogens (tertiary/aromatic N) is 2. The minimum absolute atomic E-state index is 0.254. The fourth-order valence-electron chi connectivity index (χ4n) is 2.47. The zero-order valence-electron chi connectivity index (χ0n) is 15.2. The number of rotatable bonds is 3. The summed E-state index contributed by atoms with van der Waals surface area (Å²) in [5.41, 5.74) is 5.67. The van der Waals surface area contributed by atoms with Crippen LogP contribution in [0.1, 0.15) is 12.5 Å². The van der Waals surface area contributed by atoms with Gasteiger partial charge in [0.2, 0.25) is 11.8 Å². The lowest BCUT2D eigenvalue weighted by atomic mass is 10.2. The van der Waals surface area contributed by atoms with Gasteiger partial charge in [-0.3, -0.25) is 9.59 Å². The molecule has 1 heterocycles. The van der Waals surface area contributed by atoms with Gasteiger partial charge in [0.1, 0.15) is 0 Å². The van der Waals surface area contributed by atoms with Crippen LogP contribution in [0, 0.1) is 11.8 Å². The van der Waals surface area contributed by atoms with Gasteiger partial charge in [0.25, 0.3) is 0 Å². The summed E-state index contributed by atoms with van der Waals surface area (Å²) in [5, 5.41) is 3.68. The van der Waals surface area contributed by atoms with Crippen molar-refractivity contribution < 1.29 is 14.4 Å². The number of nitrogens with two attached hydrogens (primary N) is 1. The molecule has 7 nitrogen and oxygen atoms in total. The summed E-state index contributed by atoms with van der Waals surface area (Å²) in [7, 11) is 0. The van der Waals surface area contributed by atoms with Crippen LogP contribution in [0.2, 0.25) is 10.0 Å². The molecule has 0 saturated carbocycles. The molecular weight excluding hydrogens is 403 g/mol. The summed E-state index contributed by atoms with van der Waals surface area (Å²) in [5.74, 6) is 4.90. The first kappa shape index (κ1) is 21.6. The van der Waals surface area contributed by atoms with Crippen molar-refractivity contribution in [3.8, 4) is 11.8 Å². The van der Waals surface area contributed by atoms with E-state index in [4.69, 9.17) is 28.9 Å². The van der Waals surface area contributed by atoms with Crippen molar-refractivity contribution in [2.75, 3.05) is 26.2 Å². The zero-order valence-corrected chi connectivity index (χ0v) is 16.8. The van der Waals surface area contributed by atoms with Gasteiger partial charge in [-0.15, -0.1) is 0 Å². The molecule has 1 aromatic carbocycles. The summed E-state index contributed by atoms with van der Waals surface area (Å²) in [6, 6.07) is 4.44. The van der Waals surface area contributed by atoms with E-state index in [9.17, 15) is 14.4 Å². The Morgan fingerprint density at radius 2 is 1.75 bits per heavy atom. The molecule has 0 aliphatic carbocycles. The molecule has 1 atom stereocenters. The summed E-state index contributed by atoms with van der Waals surface area (Å²) < 4.78 is 0. The summed E-state index contributed by atoms with van der Waals surface area (Å²) in [4.78, 5) is 38.1. The maximum atomic E-state index is 12.3. The van der Waals surface area contributed by atoms with Crippen LogP contribution in [-0.4, -0.2) is 59.9 Å². The SMILES string of the molecule is CC(C#Cc1ccc(Cl)c(Cl)c1)NC(=O)N1CCN(C(=O)/C=C/C(N)=O)CC1. The highest BCUT2D eigenvalue weighted by molar-refractivity contribution is 6.42. The topological polar surface area (TPSA) is 95.7 Å². The summed E-state index contributed by atoms with van der Waals surface area (Å²) >= 11 is 11.8. The molecule has 4 amide bonds. The quantitative estimate of drug-likeness (QED) is 0.572. The first-order valence-corrected chi connectivity index (χ1v) is 9.30. The van der Waals surface area contributed by atoms with Crippen LogP contribution in [-0.2, 0) is 9.59 Å². The largest absolute Gasteiger partial charge is 0.366 e. The van der Waals surface area contributed by atoms with Crippen molar-refractivity contribution in [3.63, 3.8) is 0 Å². The van der Waals surface area contributed by atoms with Gasteiger partial charge in [0.05, 0.1) is 16.1 Å². The average molecular weight is 423 g/mol. The molecule has 28 heavy (non-hydrogen) atoms. The number of urea groups is 1. The van der Waals surface area contributed by atoms with Gasteiger partial charge in [0, 0.05) is 43.9 Å². The summed E-state index contributed by atoms with van der Waals surface area (Å²) in [6.45, 7) is 3.29. The number of hydrogen-bond donors (Lipinski definition) is 2. The molecule has 0 bridgehead atoms. The second kappa shape index (κ2) is 10.0. The number of hydrogen-bond acceptors (Lipinski definition) is 3. The van der Waals surface area contributed by atoms with Crippen molar-refractivity contribution in [2.24, 2.45) is 5.73 Å². The first-order valence-electron chi connectivity index (χ1n) is 8.54. The smallest absolute Gasteiger partial charge is 0.318 e. The highest BCUT2D eigenvalue weighted by atomic mass is 35.5. The van der Waals surface area contributed by atoms with E-state index in [-0.39, 0.29) is 18.0 Å². The van der Waals surface area contributed by atoms with Gasteiger partial charge in [0.15, 0.2) is 0 Å². The van der Waals surface area contributed by atoms with Gasteiger partial charge < -0.3 is 20.9 Å². The van der Waals surface area contributed by atoms with Crippen molar-refractivity contribution in [2.45, 2.75) is 13.0 Å². The average Bonchev–Trinajstić information content (AvgIpc) is 2.67. The fraction of sp³-hybridized carbons (Fsp3) is 0.316. The van der Waals surface area contributed by atoms with Crippen molar-refractivity contribution in [3.05, 3.63) is 46.0 Å². The predicted octanol–water partition coefficient (Wildman–Crippen LogP) is 1.63. The van der Waals surface area contributed by atoms with Crippen LogP contribution >= 0.6 is 23.2 Å². The molecule has 1 aliphatic heterocycles. The van der Waals surface area contributed by atoms with E-state index in [0.717, 1.165) is 12.2 Å². The molecule has 9 heteroatoms. The molecule has 1 aromatic rings. The van der Waals surface area contributed by atoms with Crippen LogP contribution < -0.4 is 11.1 Å². The van der Waals surface area contributed by atoms with Gasteiger partial charge in [-0.25, -0.2) is 4.79 Å². The van der Waals surface area contributed by atoms with E-state index in [1.807, 2.05) is 0 Å². The van der Waals surface area contributed by atoms with Gasteiger partial charge >= 0.3 is 6.03 Å². The molecule has 1 saturated heterocycles. The number of nitrogens with one attached hydrogen (secondary N) is 1. The predicted molar refractivity (Wildman–Crippen MR) is 108 cm³/mol. The lowest BCUT2D eigenvalue weighted by Crippen LogP contribution is -2.54. The zero-order chi connectivity index (χ0) is 20.7. The highest BCUT2D eigenvalue weighted by Crippen LogP contribution is 2.22. The van der Waals surface area contributed by atoms with E-state index >= 15 is 0 Å². The third-order valence-electron chi connectivity index (χ3n) is 3.96. The Morgan fingerprint density at radius 1 is 1.11 bits per heavy atom. The molecule has 1 aliphatic rings. The van der Waals surface area contributed by atoms with Crippen LogP contribution in [0.15, 0.2) is 30.4 Å². The first-order chi connectivity index (χ1) is 13.3. The number of amides is 4. The number of carbonyl (C=O) groups is 3. The molecule has 1 fully saturated rings. The molecule has 0 spiro atoms. The van der Waals surface area contributed by atoms with Crippen LogP contribution in [0.25, 0.3) is 0 Å². The second-order valence-corrected chi connectivity index (χ2v) is 6.93. The highest BCUT2D eigenvalue weighted by Gasteiger charge is 2.23. The molecule has 0 aromatic heterocycles. The number of benzene rings is 1. The molecule has 0 radical (unpaired) electrons. The van der Waals surface area contributed by atoms with E-state index in [1.54, 1.807) is 34.9 Å². The Hall–Kier alpha value is -2.69. The minimum atomic E-state index is -0.678. The summed E-state index contributed by atoms with van der Waals surface area (Å²) in [6.07, 6.45) is 2.16. The fourth-order valence-corrected chi connectivity index (χ4v) is 2.76. The van der Waals surface area contributed by atoms with Crippen LogP contribution in [0.3, 0.4) is 0 Å². The molecule has 148 valence electrons. The normalized spacial score (nSPS) is 15.0. The number of halogens is 2. The van der Waals surface area contributed by atoms with Gasteiger partial charge in [-0.1, -0.05) is 35.0 Å². The van der Waals surface area contributed by atoms with E-state index < -0.39 is 5.91 Å². The molecular formula is C19H20Cl2N4O3. The second-order valence-electron chi connectivity index (χ2n) is 6.12. The van der Waals surface area contributed by atoms with Crippen LogP contribution in [0.4, 0.5) is 4.79 Å². The standard InChI is InChI=1S/C19H20Cl2N4O3/c1-13(2-3-14-4-5-15(20)16(21)12-14)23-19(28)25-10-8-24(9-11-25)18(27)7-6-17(22)26/h4-7,12-13H,8-11H2,1H3,(H2,22,26)(H,23,28)/b7-6+. The number of primary amides is 1. The molecule has 1 unspecified atom stereocenters. The monoisotopic (exact) mass is 422 g/mol. The minimum Gasteiger partial charge on any atom is -0.366 e. The van der Waals surface area contributed by atoms with E-state index in [2.05, 4.69) is 17.2 Å². The van der Waals surface area contributed by atoms with Gasteiger partial charge in [-0.05, 0) is 25.1 Å². The molecule has 2 rings (SSSR count). The lowest BCUT2D eigenvalue weighted by molar-refractivity contribution is -0.127. The maximum absolute atomic E-state index is 12.3. The Labute approximate surface area is 173 Å². The Bertz CT molecular complexity index is 852. The number of piperazine rings is 1. The van der Waals surface area contributed by atoms with E-state index in [1.165, 1.54) is 0 Å². The van der Waals surface area contributed by atoms with Crippen molar-refractivity contribution in [1.82, 2.24) is 15.1 Å². The Balaban J connectivity index is 1.84. The van der Waals surface area contributed by atoms with E-state index in [0.29, 0.717) is 41.8 Å². The third-order valence-corrected chi connectivity index (χ3v) is 4.70. The Kier molecular flexibility index (Phi) is 7.73. The van der Waals surface area contributed by atoms with Crippen LogP contribution in [0.5, 0.6) is 0 Å². The van der Waals surface area contributed by atoms with Crippen molar-refractivity contribution >= 4 is 41.0 Å². The third kappa shape index (κ3) is 6.48. The van der Waals surface area contributed by atoms with Gasteiger partial charge in [-0.2, -0.15) is 0 Å². The maximum Gasteiger partial charge on any atom is 0.318 e. The lowest BCUT2D eigenvalue weighted by Gasteiger charge is -2.34.